The average Bonchev–Trinajstić information content (AvgIpc) is 2.48. The minimum absolute atomic E-state index is 0.284. The SMILES string of the molecule is CC(=NO)c1ccc(NC(=O)c2ccc(Cl)cn2)cc1. The van der Waals surface area contributed by atoms with Crippen LogP contribution < -0.4 is 5.32 Å². The van der Waals surface area contributed by atoms with E-state index in [1.54, 1.807) is 43.3 Å². The average molecular weight is 290 g/mol. The van der Waals surface area contributed by atoms with Crippen LogP contribution in [-0.2, 0) is 0 Å². The quantitative estimate of drug-likeness (QED) is 0.518. The zero-order chi connectivity index (χ0) is 14.5. The Balaban J connectivity index is 2.10. The molecule has 2 aromatic rings. The van der Waals surface area contributed by atoms with Gasteiger partial charge in [-0.25, -0.2) is 4.98 Å². The molecule has 0 aliphatic heterocycles. The molecule has 20 heavy (non-hydrogen) atoms. The molecule has 0 radical (unpaired) electrons. The molecule has 102 valence electrons. The van der Waals surface area contributed by atoms with E-state index in [-0.39, 0.29) is 11.6 Å². The third-order valence-corrected chi connectivity index (χ3v) is 2.89. The highest BCUT2D eigenvalue weighted by atomic mass is 35.5. The second-order valence-electron chi connectivity index (χ2n) is 4.08. The van der Waals surface area contributed by atoms with Crippen LogP contribution in [0.1, 0.15) is 23.0 Å². The van der Waals surface area contributed by atoms with Crippen LogP contribution in [-0.4, -0.2) is 21.8 Å². The lowest BCUT2D eigenvalue weighted by atomic mass is 10.1. The Labute approximate surface area is 120 Å². The molecule has 5 nitrogen and oxygen atoms in total. The third-order valence-electron chi connectivity index (χ3n) is 2.67. The number of oxime groups is 1. The molecule has 0 saturated heterocycles. The van der Waals surface area contributed by atoms with Crippen molar-refractivity contribution in [3.63, 3.8) is 0 Å². The molecule has 0 saturated carbocycles. The van der Waals surface area contributed by atoms with Crippen molar-refractivity contribution >= 4 is 28.9 Å². The topological polar surface area (TPSA) is 74.6 Å². The Kier molecular flexibility index (Phi) is 4.32. The maximum Gasteiger partial charge on any atom is 0.274 e. The fraction of sp³-hybridized carbons (Fsp3) is 0.0714. The second-order valence-corrected chi connectivity index (χ2v) is 4.51. The zero-order valence-corrected chi connectivity index (χ0v) is 11.4. The Hall–Kier alpha value is -2.40. The van der Waals surface area contributed by atoms with Crippen molar-refractivity contribution in [2.24, 2.45) is 5.16 Å². The standard InChI is InChI=1S/C14H12ClN3O2/c1-9(18-20)10-2-5-12(6-3-10)17-14(19)13-7-4-11(15)8-16-13/h2-8,20H,1H3,(H,17,19). The number of benzene rings is 1. The molecule has 1 aromatic carbocycles. The summed E-state index contributed by atoms with van der Waals surface area (Å²) in [6, 6.07) is 10.1. The van der Waals surface area contributed by atoms with Gasteiger partial charge in [0, 0.05) is 11.9 Å². The number of amides is 1. The summed E-state index contributed by atoms with van der Waals surface area (Å²) < 4.78 is 0. The third kappa shape index (κ3) is 3.33. The molecular formula is C14H12ClN3O2. The summed E-state index contributed by atoms with van der Waals surface area (Å²) in [5.74, 6) is -0.318. The van der Waals surface area contributed by atoms with Crippen molar-refractivity contribution in [3.8, 4) is 0 Å². The second kappa shape index (κ2) is 6.16. The van der Waals surface area contributed by atoms with E-state index in [0.29, 0.717) is 16.4 Å². The summed E-state index contributed by atoms with van der Waals surface area (Å²) in [4.78, 5) is 15.9. The Bertz CT molecular complexity index is 636. The molecule has 0 spiro atoms. The van der Waals surface area contributed by atoms with Gasteiger partial charge in [-0.1, -0.05) is 28.9 Å². The van der Waals surface area contributed by atoms with E-state index in [1.165, 1.54) is 6.20 Å². The lowest BCUT2D eigenvalue weighted by molar-refractivity contribution is 0.102. The summed E-state index contributed by atoms with van der Waals surface area (Å²) in [7, 11) is 0. The van der Waals surface area contributed by atoms with Gasteiger partial charge in [-0.3, -0.25) is 4.79 Å². The van der Waals surface area contributed by atoms with Gasteiger partial charge >= 0.3 is 0 Å². The molecule has 2 N–H and O–H groups in total. The van der Waals surface area contributed by atoms with Gasteiger partial charge in [-0.05, 0) is 36.8 Å². The van der Waals surface area contributed by atoms with Gasteiger partial charge in [-0.15, -0.1) is 0 Å². The van der Waals surface area contributed by atoms with Crippen LogP contribution >= 0.6 is 11.6 Å². The van der Waals surface area contributed by atoms with Gasteiger partial charge in [0.1, 0.15) is 5.69 Å². The number of nitrogens with zero attached hydrogens (tertiary/aromatic N) is 2. The molecular weight excluding hydrogens is 278 g/mol. The first-order valence-electron chi connectivity index (χ1n) is 5.82. The van der Waals surface area contributed by atoms with Crippen molar-refractivity contribution in [2.45, 2.75) is 6.92 Å². The highest BCUT2D eigenvalue weighted by molar-refractivity contribution is 6.30. The van der Waals surface area contributed by atoms with Crippen molar-refractivity contribution < 1.29 is 10.0 Å². The molecule has 1 heterocycles. The molecule has 2 rings (SSSR count). The Morgan fingerprint density at radius 1 is 1.25 bits per heavy atom. The largest absolute Gasteiger partial charge is 0.411 e. The minimum Gasteiger partial charge on any atom is -0.411 e. The van der Waals surface area contributed by atoms with Crippen LogP contribution in [0.15, 0.2) is 47.8 Å². The molecule has 0 atom stereocenters. The summed E-state index contributed by atoms with van der Waals surface area (Å²) in [6.07, 6.45) is 1.42. The van der Waals surface area contributed by atoms with Crippen LogP contribution in [0.5, 0.6) is 0 Å². The lowest BCUT2D eigenvalue weighted by Crippen LogP contribution is -2.13. The van der Waals surface area contributed by atoms with Crippen LogP contribution in [0.4, 0.5) is 5.69 Å². The molecule has 0 fully saturated rings. The van der Waals surface area contributed by atoms with Gasteiger partial charge < -0.3 is 10.5 Å². The molecule has 0 aliphatic carbocycles. The van der Waals surface area contributed by atoms with E-state index in [1.807, 2.05) is 0 Å². The maximum atomic E-state index is 11.9. The number of halogens is 1. The van der Waals surface area contributed by atoms with Gasteiger partial charge in [0.15, 0.2) is 0 Å². The number of aromatic nitrogens is 1. The molecule has 1 amide bonds. The summed E-state index contributed by atoms with van der Waals surface area (Å²) in [6.45, 7) is 1.69. The van der Waals surface area contributed by atoms with Gasteiger partial charge in [-0.2, -0.15) is 0 Å². The number of nitrogens with one attached hydrogen (secondary N) is 1. The highest BCUT2D eigenvalue weighted by Gasteiger charge is 2.07. The predicted molar refractivity (Wildman–Crippen MR) is 77.6 cm³/mol. The number of rotatable bonds is 3. The predicted octanol–water partition coefficient (Wildman–Crippen LogP) is 3.19. The van der Waals surface area contributed by atoms with E-state index in [0.717, 1.165) is 5.56 Å². The van der Waals surface area contributed by atoms with Crippen LogP contribution in [0.2, 0.25) is 5.02 Å². The monoisotopic (exact) mass is 289 g/mol. The van der Waals surface area contributed by atoms with Gasteiger partial charge in [0.25, 0.3) is 5.91 Å². The first-order chi connectivity index (χ1) is 9.60. The molecule has 6 heteroatoms. The fourth-order valence-electron chi connectivity index (χ4n) is 1.56. The fourth-order valence-corrected chi connectivity index (χ4v) is 1.67. The van der Waals surface area contributed by atoms with Crippen molar-refractivity contribution in [3.05, 3.63) is 58.9 Å². The van der Waals surface area contributed by atoms with Crippen molar-refractivity contribution in [2.75, 3.05) is 5.32 Å². The number of anilines is 1. The smallest absolute Gasteiger partial charge is 0.274 e. The van der Waals surface area contributed by atoms with Crippen molar-refractivity contribution in [1.29, 1.82) is 0 Å². The highest BCUT2D eigenvalue weighted by Crippen LogP contribution is 2.12. The van der Waals surface area contributed by atoms with Crippen LogP contribution in [0.3, 0.4) is 0 Å². The number of carbonyl (C=O) groups is 1. The lowest BCUT2D eigenvalue weighted by Gasteiger charge is -2.05. The molecule has 0 unspecified atom stereocenters. The number of hydrogen-bond acceptors (Lipinski definition) is 4. The summed E-state index contributed by atoms with van der Waals surface area (Å²) >= 11 is 5.71. The molecule has 0 bridgehead atoms. The zero-order valence-electron chi connectivity index (χ0n) is 10.7. The van der Waals surface area contributed by atoms with E-state index in [9.17, 15) is 4.79 Å². The first-order valence-corrected chi connectivity index (χ1v) is 6.20. The summed E-state index contributed by atoms with van der Waals surface area (Å²) in [5.41, 5.74) is 2.19. The van der Waals surface area contributed by atoms with E-state index >= 15 is 0 Å². The van der Waals surface area contributed by atoms with Crippen LogP contribution in [0, 0.1) is 0 Å². The van der Waals surface area contributed by atoms with Crippen LogP contribution in [0.25, 0.3) is 0 Å². The van der Waals surface area contributed by atoms with Crippen molar-refractivity contribution in [1.82, 2.24) is 4.98 Å². The van der Waals surface area contributed by atoms with E-state index in [4.69, 9.17) is 16.8 Å². The van der Waals surface area contributed by atoms with E-state index in [2.05, 4.69) is 15.5 Å². The number of hydrogen-bond donors (Lipinski definition) is 2. The Morgan fingerprint density at radius 2 is 1.95 bits per heavy atom. The van der Waals surface area contributed by atoms with Gasteiger partial charge in [0.2, 0.25) is 0 Å². The van der Waals surface area contributed by atoms with Gasteiger partial charge in [0.05, 0.1) is 10.7 Å². The maximum absolute atomic E-state index is 11.9. The van der Waals surface area contributed by atoms with E-state index < -0.39 is 0 Å². The summed E-state index contributed by atoms with van der Waals surface area (Å²) in [5, 5.41) is 15.0. The minimum atomic E-state index is -0.318. The number of pyridine rings is 1. The molecule has 0 aliphatic rings. The number of carbonyl (C=O) groups excluding carboxylic acids is 1. The first kappa shape index (κ1) is 14.0. The molecule has 1 aromatic heterocycles. The Morgan fingerprint density at radius 3 is 2.50 bits per heavy atom. The normalized spacial score (nSPS) is 11.2.